The first-order chi connectivity index (χ1) is 11.7. The van der Waals surface area contributed by atoms with Crippen molar-refractivity contribution in [3.63, 3.8) is 0 Å². The van der Waals surface area contributed by atoms with Gasteiger partial charge in [0.1, 0.15) is 12.0 Å². The molecule has 0 aromatic heterocycles. The van der Waals surface area contributed by atoms with E-state index in [-0.39, 0.29) is 11.9 Å². The molecular formula is C16H19F2NO6. The van der Waals surface area contributed by atoms with Crippen molar-refractivity contribution >= 4 is 17.8 Å². The van der Waals surface area contributed by atoms with E-state index < -0.39 is 60.1 Å². The first-order valence-corrected chi connectivity index (χ1v) is 8.43. The molecule has 0 aromatic carbocycles. The molecule has 4 rings (SSSR count). The zero-order chi connectivity index (χ0) is 18.1. The van der Waals surface area contributed by atoms with Gasteiger partial charge >= 0.3 is 11.9 Å². The number of fused-ring (bicyclic) bond motifs is 1. The summed E-state index contributed by atoms with van der Waals surface area (Å²) in [5.74, 6) is -6.89. The van der Waals surface area contributed by atoms with Crippen molar-refractivity contribution in [3.05, 3.63) is 0 Å². The number of nitrogens with one attached hydrogen (secondary N) is 1. The highest BCUT2D eigenvalue weighted by atomic mass is 19.3. The first-order valence-electron chi connectivity index (χ1n) is 8.43. The number of hydrogen-bond donors (Lipinski definition) is 1. The minimum atomic E-state index is -3.20. The van der Waals surface area contributed by atoms with E-state index >= 15 is 0 Å². The van der Waals surface area contributed by atoms with Crippen molar-refractivity contribution < 1.29 is 37.4 Å². The van der Waals surface area contributed by atoms with E-state index in [4.69, 9.17) is 14.2 Å². The highest BCUT2D eigenvalue weighted by molar-refractivity contribution is 5.90. The minimum absolute atomic E-state index is 0.142. The summed E-state index contributed by atoms with van der Waals surface area (Å²) in [4.78, 5) is 36.6. The highest BCUT2D eigenvalue weighted by Crippen LogP contribution is 2.49. The number of halogens is 2. The number of amides is 1. The molecule has 7 nitrogen and oxygen atoms in total. The van der Waals surface area contributed by atoms with Crippen LogP contribution in [0.15, 0.2) is 0 Å². The van der Waals surface area contributed by atoms with Gasteiger partial charge in [0.2, 0.25) is 5.91 Å². The van der Waals surface area contributed by atoms with Gasteiger partial charge in [0.05, 0.1) is 24.0 Å². The van der Waals surface area contributed by atoms with Crippen LogP contribution in [0.4, 0.5) is 8.78 Å². The van der Waals surface area contributed by atoms with Crippen molar-refractivity contribution in [1.82, 2.24) is 5.32 Å². The average molecular weight is 359 g/mol. The van der Waals surface area contributed by atoms with Gasteiger partial charge < -0.3 is 19.5 Å². The maximum absolute atomic E-state index is 13.3. The van der Waals surface area contributed by atoms with Gasteiger partial charge in [-0.25, -0.2) is 8.78 Å². The van der Waals surface area contributed by atoms with E-state index in [1.807, 2.05) is 0 Å². The Morgan fingerprint density at radius 3 is 2.56 bits per heavy atom. The molecule has 7 unspecified atom stereocenters. The summed E-state index contributed by atoms with van der Waals surface area (Å²) in [5.41, 5.74) is 0. The van der Waals surface area contributed by atoms with Crippen LogP contribution in [0, 0.1) is 17.8 Å². The second kappa shape index (κ2) is 5.36. The number of carbonyl (C=O) groups is 3. The van der Waals surface area contributed by atoms with Gasteiger partial charge in [-0.2, -0.15) is 0 Å². The lowest BCUT2D eigenvalue weighted by Crippen LogP contribution is -2.50. The Morgan fingerprint density at radius 2 is 1.96 bits per heavy atom. The molecule has 3 saturated heterocycles. The summed E-state index contributed by atoms with van der Waals surface area (Å²) in [5, 5.41) is 2.69. The Bertz CT molecular complexity index is 631. The van der Waals surface area contributed by atoms with Crippen LogP contribution < -0.4 is 5.32 Å². The summed E-state index contributed by atoms with van der Waals surface area (Å²) < 4.78 is 42.6. The molecule has 3 heterocycles. The second-order valence-electron chi connectivity index (χ2n) is 7.36. The summed E-state index contributed by atoms with van der Waals surface area (Å²) in [6, 6.07) is -0.501. The summed E-state index contributed by atoms with van der Waals surface area (Å²) in [6.45, 7) is 1.74. The summed E-state index contributed by atoms with van der Waals surface area (Å²) >= 11 is 0. The zero-order valence-electron chi connectivity index (χ0n) is 13.7. The van der Waals surface area contributed by atoms with Crippen molar-refractivity contribution in [3.8, 4) is 0 Å². The molecule has 0 aromatic rings. The normalized spacial score (nSPS) is 39.9. The van der Waals surface area contributed by atoms with Crippen LogP contribution >= 0.6 is 0 Å². The van der Waals surface area contributed by atoms with Gasteiger partial charge in [0.25, 0.3) is 5.92 Å². The largest absolute Gasteiger partial charge is 0.457 e. The van der Waals surface area contributed by atoms with Gasteiger partial charge in [0, 0.05) is 6.92 Å². The predicted octanol–water partition coefficient (Wildman–Crippen LogP) is 0.407. The Labute approximate surface area is 142 Å². The number of esters is 2. The van der Waals surface area contributed by atoms with Crippen LogP contribution in [0.1, 0.15) is 26.7 Å². The number of rotatable bonds is 5. The maximum Gasteiger partial charge on any atom is 0.313 e. The lowest BCUT2D eigenvalue weighted by molar-refractivity contribution is -0.178. The molecule has 4 aliphatic rings. The van der Waals surface area contributed by atoms with Gasteiger partial charge in [0.15, 0.2) is 12.2 Å². The van der Waals surface area contributed by atoms with Crippen LogP contribution in [0.5, 0.6) is 0 Å². The average Bonchev–Trinajstić information content (AvgIpc) is 3.15. The van der Waals surface area contributed by atoms with Crippen LogP contribution in [0.2, 0.25) is 0 Å². The number of hydrogen-bond acceptors (Lipinski definition) is 6. The Balaban J connectivity index is 1.52. The van der Waals surface area contributed by atoms with Crippen molar-refractivity contribution in [2.24, 2.45) is 17.8 Å². The zero-order valence-corrected chi connectivity index (χ0v) is 13.7. The van der Waals surface area contributed by atoms with E-state index in [1.165, 1.54) is 0 Å². The third-order valence-electron chi connectivity index (χ3n) is 5.49. The van der Waals surface area contributed by atoms with Crippen LogP contribution in [0.25, 0.3) is 0 Å². The Morgan fingerprint density at radius 1 is 1.28 bits per heavy atom. The molecule has 1 aliphatic carbocycles. The van der Waals surface area contributed by atoms with Crippen molar-refractivity contribution in [2.45, 2.75) is 63.1 Å². The number of ether oxygens (including phenoxy) is 3. The molecule has 0 spiro atoms. The van der Waals surface area contributed by atoms with E-state index in [0.717, 1.165) is 19.8 Å². The van der Waals surface area contributed by atoms with Crippen LogP contribution in [0.3, 0.4) is 0 Å². The topological polar surface area (TPSA) is 90.9 Å². The molecule has 25 heavy (non-hydrogen) atoms. The van der Waals surface area contributed by atoms with E-state index in [1.54, 1.807) is 0 Å². The lowest BCUT2D eigenvalue weighted by Gasteiger charge is -2.29. The van der Waals surface area contributed by atoms with E-state index in [0.29, 0.717) is 6.92 Å². The fourth-order valence-electron chi connectivity index (χ4n) is 3.80. The second-order valence-corrected chi connectivity index (χ2v) is 7.36. The van der Waals surface area contributed by atoms with E-state index in [9.17, 15) is 23.2 Å². The molecule has 138 valence electrons. The van der Waals surface area contributed by atoms with Crippen LogP contribution in [-0.4, -0.2) is 54.2 Å². The van der Waals surface area contributed by atoms with E-state index in [2.05, 4.69) is 5.32 Å². The standard InChI is InChI=1S/C16H19F2NO6/c1-5(16(2,17)18)23-15(22)8-7-10-9(19-13(7)20)12(11(8)24-10)25-14(21)6-3-4-6/h5-12H,3-4H2,1-2H3,(H,19,20). The molecule has 7 atom stereocenters. The Kier molecular flexibility index (Phi) is 3.58. The van der Waals surface area contributed by atoms with Crippen molar-refractivity contribution in [2.75, 3.05) is 0 Å². The fraction of sp³-hybridized carbons (Fsp3) is 0.812. The third-order valence-corrected chi connectivity index (χ3v) is 5.49. The highest BCUT2D eigenvalue weighted by Gasteiger charge is 2.70. The molecule has 2 bridgehead atoms. The van der Waals surface area contributed by atoms with Gasteiger partial charge in [-0.3, -0.25) is 14.4 Å². The fourth-order valence-corrected chi connectivity index (χ4v) is 3.80. The monoisotopic (exact) mass is 359 g/mol. The number of alkyl halides is 2. The first kappa shape index (κ1) is 16.7. The predicted molar refractivity (Wildman–Crippen MR) is 76.4 cm³/mol. The smallest absolute Gasteiger partial charge is 0.313 e. The maximum atomic E-state index is 13.3. The molecule has 1 amide bonds. The quantitative estimate of drug-likeness (QED) is 0.715. The molecule has 0 radical (unpaired) electrons. The Hall–Kier alpha value is -1.77. The molecular weight excluding hydrogens is 340 g/mol. The summed E-state index contributed by atoms with van der Waals surface area (Å²) in [7, 11) is 0. The molecule has 4 fully saturated rings. The minimum Gasteiger partial charge on any atom is -0.457 e. The molecule has 1 saturated carbocycles. The van der Waals surface area contributed by atoms with Crippen LogP contribution in [-0.2, 0) is 28.6 Å². The molecule has 3 aliphatic heterocycles. The summed E-state index contributed by atoms with van der Waals surface area (Å²) in [6.07, 6.45) is -2.37. The molecule has 9 heteroatoms. The van der Waals surface area contributed by atoms with Gasteiger partial charge in [-0.15, -0.1) is 0 Å². The third kappa shape index (κ3) is 2.59. The molecule has 1 N–H and O–H groups in total. The number of carbonyl (C=O) groups excluding carboxylic acids is 3. The van der Waals surface area contributed by atoms with Gasteiger partial charge in [-0.1, -0.05) is 0 Å². The lowest BCUT2D eigenvalue weighted by atomic mass is 9.78. The SMILES string of the molecule is CC(OC(=O)C1C2OC3C(NC(=O)C31)C2OC(=O)C1CC1)C(C)(F)F. The van der Waals surface area contributed by atoms with Gasteiger partial charge in [-0.05, 0) is 19.8 Å². The van der Waals surface area contributed by atoms with Crippen molar-refractivity contribution in [1.29, 1.82) is 0 Å².